The molecule has 0 aliphatic heterocycles. The SMILES string of the molecule is CSCC(C)(C)NC(=O)c1c(I)cccc1C(=O)Nc1ccc(CC(F)(F)F)cc1C. The van der Waals surface area contributed by atoms with Crippen LogP contribution in [0.5, 0.6) is 0 Å². The van der Waals surface area contributed by atoms with Gasteiger partial charge in [0.1, 0.15) is 0 Å². The molecular formula is C22H24F3IN2O2S. The number of halogens is 4. The zero-order valence-electron chi connectivity index (χ0n) is 17.6. The van der Waals surface area contributed by atoms with Crippen LogP contribution in [-0.2, 0) is 6.42 Å². The van der Waals surface area contributed by atoms with Crippen LogP contribution >= 0.6 is 34.4 Å². The van der Waals surface area contributed by atoms with Crippen molar-refractivity contribution < 1.29 is 22.8 Å². The molecule has 0 atom stereocenters. The van der Waals surface area contributed by atoms with E-state index in [1.165, 1.54) is 18.2 Å². The van der Waals surface area contributed by atoms with Crippen LogP contribution in [0.2, 0.25) is 0 Å². The number of benzene rings is 2. The molecule has 2 rings (SSSR count). The number of thioether (sulfide) groups is 1. The fraction of sp³-hybridized carbons (Fsp3) is 0.364. The van der Waals surface area contributed by atoms with Crippen LogP contribution in [-0.4, -0.2) is 35.5 Å². The van der Waals surface area contributed by atoms with E-state index in [1.807, 2.05) is 42.7 Å². The number of alkyl halides is 3. The van der Waals surface area contributed by atoms with Crippen LogP contribution in [0.15, 0.2) is 36.4 Å². The summed E-state index contributed by atoms with van der Waals surface area (Å²) in [4.78, 5) is 25.9. The minimum absolute atomic E-state index is 0.119. The summed E-state index contributed by atoms with van der Waals surface area (Å²) in [5, 5.41) is 5.68. The fourth-order valence-electron chi connectivity index (χ4n) is 3.11. The summed E-state index contributed by atoms with van der Waals surface area (Å²) in [7, 11) is 0. The molecule has 0 aromatic heterocycles. The third-order valence-electron chi connectivity index (χ3n) is 4.39. The van der Waals surface area contributed by atoms with Gasteiger partial charge >= 0.3 is 6.18 Å². The Hall–Kier alpha value is -1.75. The quantitative estimate of drug-likeness (QED) is 0.417. The largest absolute Gasteiger partial charge is 0.393 e. The van der Waals surface area contributed by atoms with Gasteiger partial charge in [0.2, 0.25) is 0 Å². The Labute approximate surface area is 197 Å². The summed E-state index contributed by atoms with van der Waals surface area (Å²) in [6.45, 7) is 5.44. The van der Waals surface area contributed by atoms with E-state index in [9.17, 15) is 22.8 Å². The van der Waals surface area contributed by atoms with Gasteiger partial charge in [-0.1, -0.05) is 18.2 Å². The second-order valence-electron chi connectivity index (χ2n) is 7.83. The van der Waals surface area contributed by atoms with E-state index in [0.29, 0.717) is 20.6 Å². The van der Waals surface area contributed by atoms with Gasteiger partial charge in [-0.25, -0.2) is 0 Å². The van der Waals surface area contributed by atoms with Gasteiger partial charge in [-0.05, 0) is 78.9 Å². The molecule has 31 heavy (non-hydrogen) atoms. The number of rotatable bonds is 7. The lowest BCUT2D eigenvalue weighted by Crippen LogP contribution is -2.46. The van der Waals surface area contributed by atoms with Crippen molar-refractivity contribution >= 4 is 51.9 Å². The second kappa shape index (κ2) is 10.2. The average molecular weight is 564 g/mol. The molecule has 0 aliphatic carbocycles. The van der Waals surface area contributed by atoms with E-state index >= 15 is 0 Å². The molecule has 0 radical (unpaired) electrons. The molecule has 0 unspecified atom stereocenters. The van der Waals surface area contributed by atoms with Crippen LogP contribution in [0.1, 0.15) is 45.7 Å². The van der Waals surface area contributed by atoms with Crippen LogP contribution < -0.4 is 10.6 Å². The monoisotopic (exact) mass is 564 g/mol. The van der Waals surface area contributed by atoms with Gasteiger partial charge in [0.05, 0.1) is 17.5 Å². The van der Waals surface area contributed by atoms with Gasteiger partial charge in [0.25, 0.3) is 11.8 Å². The molecule has 0 bridgehead atoms. The lowest BCUT2D eigenvalue weighted by molar-refractivity contribution is -0.127. The fourth-order valence-corrected chi connectivity index (χ4v) is 4.64. The third-order valence-corrected chi connectivity index (χ3v) is 6.30. The highest BCUT2D eigenvalue weighted by Gasteiger charge is 2.28. The molecular weight excluding hydrogens is 540 g/mol. The Balaban J connectivity index is 2.29. The number of aryl methyl sites for hydroxylation is 1. The van der Waals surface area contributed by atoms with Crippen LogP contribution in [0, 0.1) is 10.5 Å². The molecule has 0 saturated heterocycles. The van der Waals surface area contributed by atoms with Crippen molar-refractivity contribution in [1.82, 2.24) is 5.32 Å². The average Bonchev–Trinajstić information content (AvgIpc) is 2.61. The van der Waals surface area contributed by atoms with Crippen molar-refractivity contribution in [2.75, 3.05) is 17.3 Å². The predicted octanol–water partition coefficient (Wildman–Crippen LogP) is 5.83. The third kappa shape index (κ3) is 7.41. The van der Waals surface area contributed by atoms with Crippen molar-refractivity contribution in [3.05, 3.63) is 62.2 Å². The topological polar surface area (TPSA) is 58.2 Å². The number of carbonyl (C=O) groups is 2. The normalized spacial score (nSPS) is 11.9. The first-order chi connectivity index (χ1) is 14.3. The molecule has 2 aromatic carbocycles. The highest BCUT2D eigenvalue weighted by molar-refractivity contribution is 14.1. The zero-order valence-corrected chi connectivity index (χ0v) is 20.6. The first-order valence-electron chi connectivity index (χ1n) is 9.40. The van der Waals surface area contributed by atoms with E-state index in [0.717, 1.165) is 0 Å². The Kier molecular flexibility index (Phi) is 8.43. The summed E-state index contributed by atoms with van der Waals surface area (Å²) in [5.74, 6) is -0.155. The van der Waals surface area contributed by atoms with E-state index in [2.05, 4.69) is 10.6 Å². The van der Waals surface area contributed by atoms with Gasteiger partial charge in [0.15, 0.2) is 0 Å². The van der Waals surface area contributed by atoms with E-state index < -0.39 is 24.0 Å². The standard InChI is InChI=1S/C22H24F3IN2O2S/c1-13-10-14(11-22(23,24)25)8-9-17(13)27-19(29)15-6-5-7-16(26)18(15)20(30)28-21(2,3)12-31-4/h5-10H,11-12H2,1-4H3,(H,27,29)(H,28,30). The smallest absolute Gasteiger partial charge is 0.346 e. The van der Waals surface area contributed by atoms with Crippen molar-refractivity contribution in [3.63, 3.8) is 0 Å². The number of hydrogen-bond acceptors (Lipinski definition) is 3. The minimum Gasteiger partial charge on any atom is -0.346 e. The zero-order chi connectivity index (χ0) is 23.4. The van der Waals surface area contributed by atoms with Crippen LogP contribution in [0.4, 0.5) is 18.9 Å². The molecule has 2 aromatic rings. The highest BCUT2D eigenvalue weighted by atomic mass is 127. The Bertz CT molecular complexity index is 978. The van der Waals surface area contributed by atoms with Gasteiger partial charge in [-0.3, -0.25) is 9.59 Å². The Morgan fingerprint density at radius 3 is 2.35 bits per heavy atom. The lowest BCUT2D eigenvalue weighted by Gasteiger charge is -2.26. The number of hydrogen-bond donors (Lipinski definition) is 2. The molecule has 2 N–H and O–H groups in total. The van der Waals surface area contributed by atoms with Crippen molar-refractivity contribution in [1.29, 1.82) is 0 Å². The molecule has 0 heterocycles. The number of amides is 2. The molecule has 4 nitrogen and oxygen atoms in total. The maximum Gasteiger partial charge on any atom is 0.393 e. The molecule has 9 heteroatoms. The maximum absolute atomic E-state index is 13.0. The predicted molar refractivity (Wildman–Crippen MR) is 128 cm³/mol. The van der Waals surface area contributed by atoms with Crippen molar-refractivity contribution in [2.24, 2.45) is 0 Å². The summed E-state index contributed by atoms with van der Waals surface area (Å²) >= 11 is 3.61. The molecule has 2 amide bonds. The molecule has 0 spiro atoms. The van der Waals surface area contributed by atoms with Gasteiger partial charge in [-0.2, -0.15) is 24.9 Å². The number of anilines is 1. The van der Waals surface area contributed by atoms with Gasteiger partial charge in [-0.15, -0.1) is 0 Å². The van der Waals surface area contributed by atoms with E-state index in [-0.39, 0.29) is 22.6 Å². The Morgan fingerprint density at radius 2 is 1.77 bits per heavy atom. The molecule has 0 fully saturated rings. The lowest BCUT2D eigenvalue weighted by atomic mass is 10.0. The second-order valence-corrected chi connectivity index (χ2v) is 9.86. The van der Waals surface area contributed by atoms with Crippen LogP contribution in [0.25, 0.3) is 0 Å². The maximum atomic E-state index is 13.0. The summed E-state index contributed by atoms with van der Waals surface area (Å²) in [6.07, 6.45) is -3.39. The van der Waals surface area contributed by atoms with E-state index in [4.69, 9.17) is 0 Å². The minimum atomic E-state index is -4.30. The molecule has 168 valence electrons. The summed E-state index contributed by atoms with van der Waals surface area (Å²) in [6, 6.07) is 9.16. The first-order valence-corrected chi connectivity index (χ1v) is 11.9. The summed E-state index contributed by atoms with van der Waals surface area (Å²) in [5.41, 5.74) is 1.02. The van der Waals surface area contributed by atoms with Crippen molar-refractivity contribution in [2.45, 2.75) is 38.9 Å². The van der Waals surface area contributed by atoms with E-state index in [1.54, 1.807) is 36.9 Å². The van der Waals surface area contributed by atoms with Gasteiger partial charge < -0.3 is 10.6 Å². The Morgan fingerprint density at radius 1 is 1.10 bits per heavy atom. The summed E-state index contributed by atoms with van der Waals surface area (Å²) < 4.78 is 38.5. The highest BCUT2D eigenvalue weighted by Crippen LogP contribution is 2.26. The first kappa shape index (κ1) is 25.5. The van der Waals surface area contributed by atoms with Gasteiger partial charge in [0, 0.05) is 20.5 Å². The number of nitrogens with one attached hydrogen (secondary N) is 2. The van der Waals surface area contributed by atoms with Crippen molar-refractivity contribution in [3.8, 4) is 0 Å². The molecule has 0 aliphatic rings. The number of carbonyl (C=O) groups excluding carboxylic acids is 2. The molecule has 0 saturated carbocycles. The van der Waals surface area contributed by atoms with Crippen LogP contribution in [0.3, 0.4) is 0 Å².